The van der Waals surface area contributed by atoms with Gasteiger partial charge >= 0.3 is 0 Å². The molecule has 0 radical (unpaired) electrons. The Bertz CT molecular complexity index is 1130. The predicted molar refractivity (Wildman–Crippen MR) is 110 cm³/mol. The molecule has 0 fully saturated rings. The van der Waals surface area contributed by atoms with Gasteiger partial charge in [0, 0.05) is 24.1 Å². The minimum Gasteiger partial charge on any atom is -0.390 e. The van der Waals surface area contributed by atoms with E-state index in [4.69, 9.17) is 4.84 Å². The van der Waals surface area contributed by atoms with Crippen LogP contribution in [0.15, 0.2) is 78.0 Å². The first-order valence-corrected chi connectivity index (χ1v) is 9.76. The molecule has 0 N–H and O–H groups in total. The normalized spacial score (nSPS) is 15.3. The predicted octanol–water partition coefficient (Wildman–Crippen LogP) is 4.94. The van der Waals surface area contributed by atoms with Gasteiger partial charge in [-0.1, -0.05) is 41.6 Å². The van der Waals surface area contributed by atoms with Crippen molar-refractivity contribution >= 4 is 11.6 Å². The van der Waals surface area contributed by atoms with Crippen LogP contribution in [0.1, 0.15) is 27.9 Å². The van der Waals surface area contributed by atoms with Gasteiger partial charge in [0.1, 0.15) is 17.5 Å². The Kier molecular flexibility index (Phi) is 6.02. The second-order valence-corrected chi connectivity index (χ2v) is 7.28. The Morgan fingerprint density at radius 1 is 0.968 bits per heavy atom. The maximum Gasteiger partial charge on any atom is 0.254 e. The van der Waals surface area contributed by atoms with Crippen LogP contribution in [0.2, 0.25) is 0 Å². The molecule has 1 aliphatic rings. The zero-order valence-electron chi connectivity index (χ0n) is 16.5. The fourth-order valence-electron chi connectivity index (χ4n) is 3.51. The standard InChI is InChI=1S/C24H19F3N2O2/c25-18-7-3-5-16(11-18)14-29(24(30)17-6-4-8-19(26)12-17)15-20-13-23(28-31-20)21-9-1-2-10-22(21)27/h1-12,20H,13-15H2. The van der Waals surface area contributed by atoms with Crippen LogP contribution in [0, 0.1) is 17.5 Å². The monoisotopic (exact) mass is 424 g/mol. The lowest BCUT2D eigenvalue weighted by Crippen LogP contribution is -2.37. The van der Waals surface area contributed by atoms with Crippen LogP contribution in [0.25, 0.3) is 0 Å². The molecule has 3 aromatic rings. The topological polar surface area (TPSA) is 41.9 Å². The van der Waals surface area contributed by atoms with E-state index in [1.165, 1.54) is 41.3 Å². The van der Waals surface area contributed by atoms with Crippen LogP contribution >= 0.6 is 0 Å². The first-order chi connectivity index (χ1) is 15.0. The van der Waals surface area contributed by atoms with E-state index < -0.39 is 29.5 Å². The van der Waals surface area contributed by atoms with Gasteiger partial charge < -0.3 is 9.74 Å². The zero-order valence-corrected chi connectivity index (χ0v) is 16.5. The van der Waals surface area contributed by atoms with Crippen molar-refractivity contribution in [3.05, 3.63) is 107 Å². The average Bonchev–Trinajstić information content (AvgIpc) is 3.21. The van der Waals surface area contributed by atoms with Gasteiger partial charge in [-0.2, -0.15) is 0 Å². The van der Waals surface area contributed by atoms with E-state index >= 15 is 0 Å². The molecule has 7 heteroatoms. The quantitative estimate of drug-likeness (QED) is 0.563. The summed E-state index contributed by atoms with van der Waals surface area (Å²) in [6.45, 7) is 0.218. The Hall–Kier alpha value is -3.61. The maximum absolute atomic E-state index is 14.1. The van der Waals surface area contributed by atoms with E-state index in [-0.39, 0.29) is 18.7 Å². The largest absolute Gasteiger partial charge is 0.390 e. The van der Waals surface area contributed by atoms with Gasteiger partial charge in [-0.05, 0) is 42.0 Å². The molecule has 0 spiro atoms. The van der Waals surface area contributed by atoms with E-state index in [1.807, 2.05) is 0 Å². The van der Waals surface area contributed by atoms with E-state index in [2.05, 4.69) is 5.16 Å². The van der Waals surface area contributed by atoms with Gasteiger partial charge in [-0.15, -0.1) is 0 Å². The van der Waals surface area contributed by atoms with Crippen molar-refractivity contribution in [1.29, 1.82) is 0 Å². The number of nitrogens with zero attached hydrogens (tertiary/aromatic N) is 2. The number of carbonyl (C=O) groups is 1. The third-order valence-corrected chi connectivity index (χ3v) is 4.96. The zero-order chi connectivity index (χ0) is 21.8. The molecule has 0 aliphatic carbocycles. The lowest BCUT2D eigenvalue weighted by Gasteiger charge is -2.25. The highest BCUT2D eigenvalue weighted by Crippen LogP contribution is 2.21. The summed E-state index contributed by atoms with van der Waals surface area (Å²) in [6.07, 6.45) is -0.211. The molecule has 1 unspecified atom stereocenters. The summed E-state index contributed by atoms with van der Waals surface area (Å²) in [5, 5.41) is 3.99. The molecule has 0 saturated heterocycles. The summed E-state index contributed by atoms with van der Waals surface area (Å²) in [4.78, 5) is 20.0. The van der Waals surface area contributed by atoms with E-state index in [0.29, 0.717) is 23.3 Å². The number of rotatable bonds is 6. The maximum atomic E-state index is 14.1. The molecule has 0 saturated carbocycles. The molecule has 31 heavy (non-hydrogen) atoms. The minimum absolute atomic E-state index is 0.0992. The van der Waals surface area contributed by atoms with Gasteiger partial charge in [0.05, 0.1) is 12.3 Å². The van der Waals surface area contributed by atoms with E-state index in [9.17, 15) is 18.0 Å². The molecule has 158 valence electrons. The number of hydrogen-bond donors (Lipinski definition) is 0. The van der Waals surface area contributed by atoms with Crippen LogP contribution in [0.4, 0.5) is 13.2 Å². The molecular formula is C24H19F3N2O2. The summed E-state index contributed by atoms with van der Waals surface area (Å²) >= 11 is 0. The van der Waals surface area contributed by atoms with Crippen molar-refractivity contribution in [3.8, 4) is 0 Å². The molecular weight excluding hydrogens is 405 g/mol. The molecule has 1 atom stereocenters. The van der Waals surface area contributed by atoms with E-state index in [0.717, 1.165) is 6.07 Å². The fourth-order valence-corrected chi connectivity index (χ4v) is 3.51. The molecule has 3 aromatic carbocycles. The lowest BCUT2D eigenvalue weighted by molar-refractivity contribution is 0.0404. The summed E-state index contributed by atoms with van der Waals surface area (Å²) in [5.41, 5.74) is 1.55. The Balaban J connectivity index is 1.53. The number of halogens is 3. The molecule has 1 aliphatic heterocycles. The van der Waals surface area contributed by atoms with Crippen molar-refractivity contribution in [1.82, 2.24) is 4.90 Å². The summed E-state index contributed by atoms with van der Waals surface area (Å²) in [7, 11) is 0. The van der Waals surface area contributed by atoms with Gasteiger partial charge in [0.2, 0.25) is 0 Å². The average molecular weight is 424 g/mol. The molecule has 1 heterocycles. The first-order valence-electron chi connectivity index (χ1n) is 9.76. The number of amides is 1. The Morgan fingerprint density at radius 2 is 1.71 bits per heavy atom. The Morgan fingerprint density at radius 3 is 2.45 bits per heavy atom. The highest BCUT2D eigenvalue weighted by Gasteiger charge is 2.28. The number of benzene rings is 3. The van der Waals surface area contributed by atoms with Crippen LogP contribution in [-0.2, 0) is 11.4 Å². The van der Waals surface area contributed by atoms with Crippen LogP contribution < -0.4 is 0 Å². The van der Waals surface area contributed by atoms with Crippen molar-refractivity contribution in [2.24, 2.45) is 5.16 Å². The molecule has 0 aromatic heterocycles. The smallest absolute Gasteiger partial charge is 0.254 e. The van der Waals surface area contributed by atoms with Crippen LogP contribution in [0.5, 0.6) is 0 Å². The minimum atomic E-state index is -0.529. The SMILES string of the molecule is O=C(c1cccc(F)c1)N(Cc1cccc(F)c1)CC1CC(c2ccccc2F)=NO1. The van der Waals surface area contributed by atoms with Crippen LogP contribution in [-0.4, -0.2) is 29.2 Å². The van der Waals surface area contributed by atoms with Crippen molar-refractivity contribution < 1.29 is 22.8 Å². The number of oxime groups is 1. The molecule has 1 amide bonds. The molecule has 4 nitrogen and oxygen atoms in total. The Labute approximate surface area is 177 Å². The number of hydrogen-bond acceptors (Lipinski definition) is 3. The van der Waals surface area contributed by atoms with Crippen molar-refractivity contribution in [2.75, 3.05) is 6.54 Å². The third-order valence-electron chi connectivity index (χ3n) is 4.96. The third kappa shape index (κ3) is 4.94. The van der Waals surface area contributed by atoms with E-state index in [1.54, 1.807) is 30.3 Å². The lowest BCUT2D eigenvalue weighted by atomic mass is 10.0. The second kappa shape index (κ2) is 9.04. The van der Waals surface area contributed by atoms with Gasteiger partial charge in [-0.3, -0.25) is 4.79 Å². The molecule has 0 bridgehead atoms. The highest BCUT2D eigenvalue weighted by molar-refractivity contribution is 6.01. The van der Waals surface area contributed by atoms with Gasteiger partial charge in [0.15, 0.2) is 6.10 Å². The van der Waals surface area contributed by atoms with Crippen LogP contribution in [0.3, 0.4) is 0 Å². The van der Waals surface area contributed by atoms with Gasteiger partial charge in [-0.25, -0.2) is 13.2 Å². The summed E-state index contributed by atoms with van der Waals surface area (Å²) in [5.74, 6) is -1.78. The van der Waals surface area contributed by atoms with Crippen molar-refractivity contribution in [3.63, 3.8) is 0 Å². The summed E-state index contributed by atoms with van der Waals surface area (Å²) < 4.78 is 41.4. The number of carbonyl (C=O) groups excluding carboxylic acids is 1. The fraction of sp³-hybridized carbons (Fsp3) is 0.167. The summed E-state index contributed by atoms with van der Waals surface area (Å²) in [6, 6.07) is 17.5. The highest BCUT2D eigenvalue weighted by atomic mass is 19.1. The molecule has 4 rings (SSSR count). The second-order valence-electron chi connectivity index (χ2n) is 7.28. The first kappa shape index (κ1) is 20.7. The van der Waals surface area contributed by atoms with Gasteiger partial charge in [0.25, 0.3) is 5.91 Å². The van der Waals surface area contributed by atoms with Crippen molar-refractivity contribution in [2.45, 2.75) is 19.1 Å².